The van der Waals surface area contributed by atoms with E-state index in [0.29, 0.717) is 28.7 Å². The number of aliphatic hydroxyl groups is 1. The smallest absolute Gasteiger partial charge is 0.253 e. The Morgan fingerprint density at radius 1 is 1.36 bits per heavy atom. The number of aromatic nitrogens is 2. The maximum absolute atomic E-state index is 12.0. The highest BCUT2D eigenvalue weighted by Gasteiger charge is 2.18. The standard InChI is InChI=1S/C15H17Cl2N3O2/c1-10(9-20-4-2-3-19-20)8-18-15(22)14(21)11-5-12(16)7-13(17)6-11/h2-7,10,14,21H,8-9H2,1H3,(H,18,22)/t10-,14-/m0/s1. The molecule has 2 N–H and O–H groups in total. The zero-order chi connectivity index (χ0) is 16.1. The number of nitrogens with zero attached hydrogens (tertiary/aromatic N) is 2. The normalized spacial score (nSPS) is 13.6. The predicted molar refractivity (Wildman–Crippen MR) is 85.8 cm³/mol. The van der Waals surface area contributed by atoms with Crippen LogP contribution in [0.1, 0.15) is 18.6 Å². The van der Waals surface area contributed by atoms with Crippen molar-refractivity contribution in [1.29, 1.82) is 0 Å². The molecule has 2 rings (SSSR count). The molecule has 22 heavy (non-hydrogen) atoms. The van der Waals surface area contributed by atoms with Crippen LogP contribution in [0, 0.1) is 5.92 Å². The molecule has 7 heteroatoms. The first-order valence-electron chi connectivity index (χ1n) is 6.85. The molecule has 118 valence electrons. The summed E-state index contributed by atoms with van der Waals surface area (Å²) >= 11 is 11.7. The van der Waals surface area contributed by atoms with Crippen molar-refractivity contribution in [3.63, 3.8) is 0 Å². The van der Waals surface area contributed by atoms with Gasteiger partial charge in [0, 0.05) is 35.5 Å². The molecule has 5 nitrogen and oxygen atoms in total. The summed E-state index contributed by atoms with van der Waals surface area (Å²) in [6, 6.07) is 6.43. The van der Waals surface area contributed by atoms with E-state index in [4.69, 9.17) is 23.2 Å². The van der Waals surface area contributed by atoms with Gasteiger partial charge in [0.2, 0.25) is 0 Å². The molecular weight excluding hydrogens is 325 g/mol. The number of carbonyl (C=O) groups is 1. The van der Waals surface area contributed by atoms with Crippen molar-refractivity contribution in [3.05, 3.63) is 52.3 Å². The molecule has 1 aromatic carbocycles. The Labute approximate surface area is 138 Å². The zero-order valence-electron chi connectivity index (χ0n) is 12.0. The summed E-state index contributed by atoms with van der Waals surface area (Å²) in [5.74, 6) is -0.301. The van der Waals surface area contributed by atoms with Crippen molar-refractivity contribution < 1.29 is 9.90 Å². The summed E-state index contributed by atoms with van der Waals surface area (Å²) in [6.07, 6.45) is 2.27. The van der Waals surface area contributed by atoms with Gasteiger partial charge in [-0.1, -0.05) is 30.1 Å². The van der Waals surface area contributed by atoms with Gasteiger partial charge in [0.1, 0.15) is 0 Å². The van der Waals surface area contributed by atoms with Crippen LogP contribution < -0.4 is 5.32 Å². The molecule has 0 radical (unpaired) electrons. The first-order chi connectivity index (χ1) is 10.5. The monoisotopic (exact) mass is 341 g/mol. The van der Waals surface area contributed by atoms with Crippen LogP contribution >= 0.6 is 23.2 Å². The lowest BCUT2D eigenvalue weighted by Gasteiger charge is -2.16. The third-order valence-corrected chi connectivity index (χ3v) is 3.57. The number of rotatable bonds is 6. The lowest BCUT2D eigenvalue weighted by molar-refractivity contribution is -0.129. The molecule has 0 aliphatic carbocycles. The average molecular weight is 342 g/mol. The van der Waals surface area contributed by atoms with Gasteiger partial charge in [-0.3, -0.25) is 9.48 Å². The van der Waals surface area contributed by atoms with Crippen LogP contribution in [0.2, 0.25) is 10.0 Å². The van der Waals surface area contributed by atoms with E-state index in [1.54, 1.807) is 16.9 Å². The van der Waals surface area contributed by atoms with Crippen LogP contribution in [0.5, 0.6) is 0 Å². The second-order valence-electron chi connectivity index (χ2n) is 5.18. The number of amides is 1. The van der Waals surface area contributed by atoms with Crippen LogP contribution in [-0.2, 0) is 11.3 Å². The largest absolute Gasteiger partial charge is 0.378 e. The highest BCUT2D eigenvalue weighted by molar-refractivity contribution is 6.34. The van der Waals surface area contributed by atoms with Crippen molar-refractivity contribution in [2.24, 2.45) is 5.92 Å². The molecule has 0 aliphatic heterocycles. The van der Waals surface area contributed by atoms with E-state index in [2.05, 4.69) is 10.4 Å². The number of carbonyl (C=O) groups excluding carboxylic acids is 1. The zero-order valence-corrected chi connectivity index (χ0v) is 13.6. The number of nitrogens with one attached hydrogen (secondary N) is 1. The van der Waals surface area contributed by atoms with Gasteiger partial charge in [-0.05, 0) is 35.7 Å². The molecule has 1 amide bonds. The second kappa shape index (κ2) is 7.63. The van der Waals surface area contributed by atoms with E-state index in [1.807, 2.05) is 19.2 Å². The molecule has 0 bridgehead atoms. The van der Waals surface area contributed by atoms with Crippen LogP contribution in [0.15, 0.2) is 36.7 Å². The Morgan fingerprint density at radius 2 is 2.05 bits per heavy atom. The lowest BCUT2D eigenvalue weighted by atomic mass is 10.1. The maximum Gasteiger partial charge on any atom is 0.253 e. The minimum atomic E-state index is -1.30. The fraction of sp³-hybridized carbons (Fsp3) is 0.333. The molecule has 0 saturated heterocycles. The van der Waals surface area contributed by atoms with E-state index in [9.17, 15) is 9.90 Å². The number of hydrogen-bond acceptors (Lipinski definition) is 3. The van der Waals surface area contributed by atoms with Gasteiger partial charge in [0.25, 0.3) is 5.91 Å². The molecule has 0 aliphatic rings. The number of halogens is 2. The Balaban J connectivity index is 1.88. The minimum Gasteiger partial charge on any atom is -0.378 e. The molecular formula is C15H17Cl2N3O2. The van der Waals surface area contributed by atoms with Gasteiger partial charge in [0.05, 0.1) is 0 Å². The fourth-order valence-electron chi connectivity index (χ4n) is 2.05. The van der Waals surface area contributed by atoms with Gasteiger partial charge in [-0.15, -0.1) is 0 Å². The van der Waals surface area contributed by atoms with E-state index in [0.717, 1.165) is 0 Å². The first kappa shape index (κ1) is 16.8. The van der Waals surface area contributed by atoms with Gasteiger partial charge < -0.3 is 10.4 Å². The molecule has 2 atom stereocenters. The summed E-state index contributed by atoms with van der Waals surface area (Å²) in [6.45, 7) is 3.11. The van der Waals surface area contributed by atoms with Gasteiger partial charge in [0.15, 0.2) is 6.10 Å². The van der Waals surface area contributed by atoms with E-state index in [-0.39, 0.29) is 5.92 Å². The summed E-state index contributed by atoms with van der Waals surface area (Å²) in [5, 5.41) is 17.6. The summed E-state index contributed by atoms with van der Waals surface area (Å²) in [5.41, 5.74) is 0.370. The Morgan fingerprint density at radius 3 is 2.64 bits per heavy atom. The SMILES string of the molecule is C[C@@H](CNC(=O)[C@@H](O)c1cc(Cl)cc(Cl)c1)Cn1cccn1. The Kier molecular flexibility index (Phi) is 5.83. The summed E-state index contributed by atoms with van der Waals surface area (Å²) in [4.78, 5) is 12.0. The van der Waals surface area contributed by atoms with Crippen molar-refractivity contribution in [1.82, 2.24) is 15.1 Å². The Bertz CT molecular complexity index is 611. The van der Waals surface area contributed by atoms with Gasteiger partial charge in [-0.2, -0.15) is 5.10 Å². The first-order valence-corrected chi connectivity index (χ1v) is 7.60. The van der Waals surface area contributed by atoms with Crippen molar-refractivity contribution in [2.45, 2.75) is 19.6 Å². The number of aliphatic hydroxyl groups excluding tert-OH is 1. The third kappa shape index (κ3) is 4.73. The predicted octanol–water partition coefficient (Wildman–Crippen LogP) is 2.68. The average Bonchev–Trinajstić information content (AvgIpc) is 2.95. The van der Waals surface area contributed by atoms with E-state index < -0.39 is 12.0 Å². The van der Waals surface area contributed by atoms with Crippen LogP contribution in [-0.4, -0.2) is 27.3 Å². The maximum atomic E-state index is 12.0. The van der Waals surface area contributed by atoms with Gasteiger partial charge >= 0.3 is 0 Å². The molecule has 0 saturated carbocycles. The van der Waals surface area contributed by atoms with Crippen molar-refractivity contribution in [2.75, 3.05) is 6.54 Å². The van der Waals surface area contributed by atoms with Crippen molar-refractivity contribution >= 4 is 29.1 Å². The lowest BCUT2D eigenvalue weighted by Crippen LogP contribution is -2.33. The Hall–Kier alpha value is -1.56. The van der Waals surface area contributed by atoms with Gasteiger partial charge in [-0.25, -0.2) is 0 Å². The van der Waals surface area contributed by atoms with E-state index in [1.165, 1.54) is 12.1 Å². The van der Waals surface area contributed by atoms with Crippen LogP contribution in [0.25, 0.3) is 0 Å². The molecule has 2 aromatic rings. The minimum absolute atomic E-state index is 0.180. The van der Waals surface area contributed by atoms with Crippen molar-refractivity contribution in [3.8, 4) is 0 Å². The summed E-state index contributed by atoms with van der Waals surface area (Å²) < 4.78 is 1.80. The highest BCUT2D eigenvalue weighted by atomic mass is 35.5. The quantitative estimate of drug-likeness (QED) is 0.848. The van der Waals surface area contributed by atoms with E-state index >= 15 is 0 Å². The second-order valence-corrected chi connectivity index (χ2v) is 6.06. The molecule has 0 spiro atoms. The number of hydrogen-bond donors (Lipinski definition) is 2. The molecule has 0 fully saturated rings. The highest BCUT2D eigenvalue weighted by Crippen LogP contribution is 2.23. The third-order valence-electron chi connectivity index (χ3n) is 3.13. The van der Waals surface area contributed by atoms with Crippen LogP contribution in [0.4, 0.5) is 0 Å². The van der Waals surface area contributed by atoms with Crippen LogP contribution in [0.3, 0.4) is 0 Å². The topological polar surface area (TPSA) is 67.2 Å². The number of benzene rings is 1. The summed E-state index contributed by atoms with van der Waals surface area (Å²) in [7, 11) is 0. The fourth-order valence-corrected chi connectivity index (χ4v) is 2.59. The molecule has 1 heterocycles. The molecule has 1 aromatic heterocycles. The molecule has 0 unspecified atom stereocenters.